The Labute approximate surface area is 137 Å². The zero-order valence-electron chi connectivity index (χ0n) is 10.5. The summed E-state index contributed by atoms with van der Waals surface area (Å²) in [6.07, 6.45) is 0. The molecule has 0 aliphatic carbocycles. The van der Waals surface area contributed by atoms with E-state index in [0.717, 1.165) is 26.8 Å². The van der Waals surface area contributed by atoms with Crippen LogP contribution in [0.5, 0.6) is 0 Å². The third-order valence-electron chi connectivity index (χ3n) is 2.61. The molecule has 20 heavy (non-hydrogen) atoms. The van der Waals surface area contributed by atoms with E-state index in [0.29, 0.717) is 10.0 Å². The van der Waals surface area contributed by atoms with E-state index in [2.05, 4.69) is 36.6 Å². The Morgan fingerprint density at radius 1 is 1.15 bits per heavy atom. The lowest BCUT2D eigenvalue weighted by atomic mass is 10.2. The summed E-state index contributed by atoms with van der Waals surface area (Å²) in [5, 5.41) is 0. The summed E-state index contributed by atoms with van der Waals surface area (Å²) in [4.78, 5) is 0. The Balaban J connectivity index is 2.40. The van der Waals surface area contributed by atoms with Crippen LogP contribution in [0.4, 0.5) is 10.1 Å². The molecule has 2 aromatic rings. The highest BCUT2D eigenvalue weighted by molar-refractivity contribution is 9.11. The van der Waals surface area contributed by atoms with Crippen molar-refractivity contribution in [2.24, 2.45) is 0 Å². The molecule has 0 radical (unpaired) electrons. The summed E-state index contributed by atoms with van der Waals surface area (Å²) in [7, 11) is -3.71. The summed E-state index contributed by atoms with van der Waals surface area (Å²) in [6.45, 7) is 3.52. The Morgan fingerprint density at radius 2 is 1.80 bits per heavy atom. The number of benzene rings is 1. The molecule has 3 nitrogen and oxygen atoms in total. The van der Waals surface area contributed by atoms with Gasteiger partial charge in [-0.25, -0.2) is 12.8 Å². The van der Waals surface area contributed by atoms with Gasteiger partial charge < -0.3 is 0 Å². The lowest BCUT2D eigenvalue weighted by Crippen LogP contribution is -2.12. The molecular formula is C12H10Br2FNO2S2. The second-order valence-electron chi connectivity index (χ2n) is 4.21. The predicted molar refractivity (Wildman–Crippen MR) is 86.4 cm³/mol. The number of hydrogen-bond donors (Lipinski definition) is 1. The molecule has 0 atom stereocenters. The van der Waals surface area contributed by atoms with Crippen LogP contribution >= 0.6 is 43.2 Å². The molecule has 1 aromatic carbocycles. The first kappa shape index (κ1) is 15.9. The molecule has 0 bridgehead atoms. The highest BCUT2D eigenvalue weighted by atomic mass is 79.9. The summed E-state index contributed by atoms with van der Waals surface area (Å²) >= 11 is 7.47. The van der Waals surface area contributed by atoms with Crippen LogP contribution in [-0.4, -0.2) is 8.42 Å². The minimum absolute atomic E-state index is 0.185. The zero-order chi connectivity index (χ0) is 15.1. The van der Waals surface area contributed by atoms with E-state index in [-0.39, 0.29) is 9.90 Å². The van der Waals surface area contributed by atoms with Crippen molar-refractivity contribution < 1.29 is 12.8 Å². The summed E-state index contributed by atoms with van der Waals surface area (Å²) in [6, 6.07) is 4.26. The van der Waals surface area contributed by atoms with Crippen molar-refractivity contribution >= 4 is 58.9 Å². The number of rotatable bonds is 3. The fourth-order valence-electron chi connectivity index (χ4n) is 1.52. The second kappa shape index (κ2) is 5.75. The molecule has 1 N–H and O–H groups in total. The monoisotopic (exact) mass is 441 g/mol. The van der Waals surface area contributed by atoms with Crippen molar-refractivity contribution in [2.45, 2.75) is 18.1 Å². The third-order valence-corrected chi connectivity index (χ3v) is 7.19. The van der Waals surface area contributed by atoms with Gasteiger partial charge in [-0.3, -0.25) is 4.72 Å². The van der Waals surface area contributed by atoms with Crippen molar-refractivity contribution in [1.82, 2.24) is 0 Å². The molecule has 0 saturated carbocycles. The largest absolute Gasteiger partial charge is 0.279 e. The van der Waals surface area contributed by atoms with Gasteiger partial charge in [0.15, 0.2) is 0 Å². The van der Waals surface area contributed by atoms with E-state index in [1.807, 2.05) is 6.92 Å². The SMILES string of the molecule is Cc1cc(Br)c(F)cc1NS(=O)(=O)c1cc(C)c(Br)s1. The van der Waals surface area contributed by atoms with Crippen molar-refractivity contribution in [3.8, 4) is 0 Å². The van der Waals surface area contributed by atoms with Crippen LogP contribution in [0.2, 0.25) is 0 Å². The molecule has 1 aromatic heterocycles. The quantitative estimate of drug-likeness (QED) is 0.739. The maximum Gasteiger partial charge on any atom is 0.271 e. The van der Waals surface area contributed by atoms with Crippen molar-refractivity contribution in [3.05, 3.63) is 43.4 Å². The molecule has 1 heterocycles. The maximum absolute atomic E-state index is 13.5. The van der Waals surface area contributed by atoms with Crippen LogP contribution in [0.1, 0.15) is 11.1 Å². The van der Waals surface area contributed by atoms with Crippen LogP contribution < -0.4 is 4.72 Å². The minimum Gasteiger partial charge on any atom is -0.279 e. The van der Waals surface area contributed by atoms with Crippen LogP contribution in [0, 0.1) is 19.7 Å². The third kappa shape index (κ3) is 3.24. The number of anilines is 1. The van der Waals surface area contributed by atoms with Gasteiger partial charge in [-0.05, 0) is 75.0 Å². The van der Waals surface area contributed by atoms with E-state index in [9.17, 15) is 12.8 Å². The first-order chi connectivity index (χ1) is 9.20. The zero-order valence-corrected chi connectivity index (χ0v) is 15.3. The van der Waals surface area contributed by atoms with Crippen molar-refractivity contribution in [2.75, 3.05) is 4.72 Å². The predicted octanol–water partition coefficient (Wildman–Crippen LogP) is 4.83. The lowest BCUT2D eigenvalue weighted by molar-refractivity contribution is 0.602. The molecule has 0 saturated heterocycles. The van der Waals surface area contributed by atoms with E-state index < -0.39 is 15.8 Å². The van der Waals surface area contributed by atoms with Crippen molar-refractivity contribution in [1.29, 1.82) is 0 Å². The summed E-state index contributed by atoms with van der Waals surface area (Å²) < 4.78 is 41.7. The van der Waals surface area contributed by atoms with Gasteiger partial charge in [0.1, 0.15) is 10.0 Å². The van der Waals surface area contributed by atoms with E-state index in [1.54, 1.807) is 13.0 Å². The topological polar surface area (TPSA) is 46.2 Å². The van der Waals surface area contributed by atoms with Gasteiger partial charge in [-0.1, -0.05) is 0 Å². The average molecular weight is 443 g/mol. The smallest absolute Gasteiger partial charge is 0.271 e. The number of sulfonamides is 1. The molecule has 0 spiro atoms. The fourth-order valence-corrected chi connectivity index (χ4v) is 5.32. The Hall–Kier alpha value is -0.440. The van der Waals surface area contributed by atoms with Gasteiger partial charge in [0, 0.05) is 0 Å². The molecule has 108 valence electrons. The molecule has 2 rings (SSSR count). The Kier molecular flexibility index (Phi) is 4.58. The van der Waals surface area contributed by atoms with Gasteiger partial charge in [0.05, 0.1) is 13.9 Å². The highest BCUT2D eigenvalue weighted by Gasteiger charge is 2.20. The van der Waals surface area contributed by atoms with Crippen molar-refractivity contribution in [3.63, 3.8) is 0 Å². The molecular weight excluding hydrogens is 433 g/mol. The first-order valence-corrected chi connectivity index (χ1v) is 9.33. The van der Waals surface area contributed by atoms with Crippen LogP contribution in [-0.2, 0) is 10.0 Å². The van der Waals surface area contributed by atoms with E-state index >= 15 is 0 Å². The van der Waals surface area contributed by atoms with E-state index in [4.69, 9.17) is 0 Å². The summed E-state index contributed by atoms with van der Waals surface area (Å²) in [5.41, 5.74) is 1.70. The molecule has 8 heteroatoms. The van der Waals surface area contributed by atoms with Crippen LogP contribution in [0.25, 0.3) is 0 Å². The fraction of sp³-hybridized carbons (Fsp3) is 0.167. The van der Waals surface area contributed by atoms with Gasteiger partial charge in [-0.2, -0.15) is 0 Å². The first-order valence-electron chi connectivity index (χ1n) is 5.45. The van der Waals surface area contributed by atoms with Crippen LogP contribution in [0.3, 0.4) is 0 Å². The van der Waals surface area contributed by atoms with Crippen LogP contribution in [0.15, 0.2) is 30.7 Å². The normalized spacial score (nSPS) is 11.7. The molecule has 0 unspecified atom stereocenters. The second-order valence-corrected chi connectivity index (χ2v) is 9.34. The molecule has 0 aliphatic rings. The Morgan fingerprint density at radius 3 is 2.35 bits per heavy atom. The lowest BCUT2D eigenvalue weighted by Gasteiger charge is -2.10. The number of hydrogen-bond acceptors (Lipinski definition) is 3. The number of halogens is 3. The number of thiophene rings is 1. The van der Waals surface area contributed by atoms with Gasteiger partial charge in [0.2, 0.25) is 0 Å². The maximum atomic E-state index is 13.5. The Bertz CT molecular complexity index is 753. The van der Waals surface area contributed by atoms with Gasteiger partial charge >= 0.3 is 0 Å². The average Bonchev–Trinajstić information content (AvgIpc) is 2.67. The standard InChI is InChI=1S/C12H10Br2FNO2S2/c1-6-3-8(13)9(15)5-10(6)16-20(17,18)11-4-7(2)12(14)19-11/h3-5,16H,1-2H3. The van der Waals surface area contributed by atoms with E-state index in [1.165, 1.54) is 6.07 Å². The highest BCUT2D eigenvalue weighted by Crippen LogP contribution is 2.32. The number of nitrogens with one attached hydrogen (secondary N) is 1. The molecule has 0 amide bonds. The molecule has 0 fully saturated rings. The molecule has 0 aliphatic heterocycles. The summed E-state index contributed by atoms with van der Waals surface area (Å²) in [5.74, 6) is -0.517. The minimum atomic E-state index is -3.71. The van der Waals surface area contributed by atoms with Gasteiger partial charge in [-0.15, -0.1) is 11.3 Å². The van der Waals surface area contributed by atoms with Gasteiger partial charge in [0.25, 0.3) is 10.0 Å². The number of aryl methyl sites for hydroxylation is 2.